The molecule has 0 unspecified atom stereocenters. The van der Waals surface area contributed by atoms with Crippen molar-refractivity contribution in [1.29, 1.82) is 0 Å². The van der Waals surface area contributed by atoms with E-state index in [0.717, 1.165) is 17.0 Å². The van der Waals surface area contributed by atoms with Crippen LogP contribution in [0.2, 0.25) is 5.02 Å². The Kier molecular flexibility index (Phi) is 5.26. The fraction of sp³-hybridized carbons (Fsp3) is 0.105. The molecule has 0 aliphatic rings. The lowest BCUT2D eigenvalue weighted by molar-refractivity contribution is -0.118. The second-order valence-corrected chi connectivity index (χ2v) is 5.86. The van der Waals surface area contributed by atoms with Gasteiger partial charge < -0.3 is 10.5 Å². The first-order chi connectivity index (χ1) is 12.1. The van der Waals surface area contributed by atoms with Crippen molar-refractivity contribution in [2.75, 3.05) is 0 Å². The van der Waals surface area contributed by atoms with Crippen molar-refractivity contribution < 1.29 is 9.53 Å². The molecule has 0 fully saturated rings. The largest absolute Gasteiger partial charge is 0.439 e. The van der Waals surface area contributed by atoms with Crippen LogP contribution in [-0.2, 0) is 11.2 Å². The quantitative estimate of drug-likeness (QED) is 0.726. The zero-order chi connectivity index (χ0) is 17.6. The summed E-state index contributed by atoms with van der Waals surface area (Å²) in [5.74, 6) is 0.816. The number of hydrogen-bond donors (Lipinski definition) is 1. The molecule has 1 aromatic carbocycles. The van der Waals surface area contributed by atoms with Crippen LogP contribution in [0.1, 0.15) is 12.1 Å². The number of nitrogens with zero attached hydrogens (tertiary/aromatic N) is 2. The van der Waals surface area contributed by atoms with Crippen LogP contribution in [0.25, 0.3) is 11.3 Å². The third-order valence-corrected chi connectivity index (χ3v) is 3.73. The number of carbonyl (C=O) groups excluding carboxylic acids is 1. The number of aromatic nitrogens is 2. The van der Waals surface area contributed by atoms with Crippen molar-refractivity contribution in [2.45, 2.75) is 12.8 Å². The Morgan fingerprint density at radius 3 is 2.56 bits per heavy atom. The minimum Gasteiger partial charge on any atom is -0.439 e. The SMILES string of the molecule is NC(=O)CCc1cccc(-c2ccc(Oc3ccc(Cl)cn3)cc2)n1. The Morgan fingerprint density at radius 1 is 1.08 bits per heavy atom. The smallest absolute Gasteiger partial charge is 0.219 e. The summed E-state index contributed by atoms with van der Waals surface area (Å²) in [5.41, 5.74) is 7.81. The van der Waals surface area contributed by atoms with Gasteiger partial charge in [0.05, 0.1) is 10.7 Å². The number of benzene rings is 1. The summed E-state index contributed by atoms with van der Waals surface area (Å²) in [6, 6.07) is 16.7. The molecule has 0 atom stereocenters. The maximum atomic E-state index is 10.9. The van der Waals surface area contributed by atoms with E-state index in [4.69, 9.17) is 22.1 Å². The number of primary amides is 1. The van der Waals surface area contributed by atoms with Crippen molar-refractivity contribution in [3.8, 4) is 22.9 Å². The highest BCUT2D eigenvalue weighted by Crippen LogP contribution is 2.24. The van der Waals surface area contributed by atoms with Gasteiger partial charge in [0.15, 0.2) is 0 Å². The number of hydrogen-bond acceptors (Lipinski definition) is 4. The molecule has 25 heavy (non-hydrogen) atoms. The van der Waals surface area contributed by atoms with Gasteiger partial charge in [-0.3, -0.25) is 9.78 Å². The topological polar surface area (TPSA) is 78.1 Å². The van der Waals surface area contributed by atoms with Gasteiger partial charge in [-0.25, -0.2) is 4.98 Å². The first-order valence-corrected chi connectivity index (χ1v) is 8.12. The van der Waals surface area contributed by atoms with E-state index in [-0.39, 0.29) is 12.3 Å². The maximum Gasteiger partial charge on any atom is 0.219 e. The van der Waals surface area contributed by atoms with Gasteiger partial charge in [-0.05, 0) is 48.9 Å². The van der Waals surface area contributed by atoms with Crippen LogP contribution in [0, 0.1) is 0 Å². The predicted octanol–water partition coefficient (Wildman–Crippen LogP) is 4.01. The first kappa shape index (κ1) is 16.9. The monoisotopic (exact) mass is 353 g/mol. The van der Waals surface area contributed by atoms with E-state index in [2.05, 4.69) is 9.97 Å². The number of aryl methyl sites for hydroxylation is 1. The third kappa shape index (κ3) is 4.78. The van der Waals surface area contributed by atoms with E-state index >= 15 is 0 Å². The summed E-state index contributed by atoms with van der Waals surface area (Å²) in [7, 11) is 0. The molecule has 1 amide bonds. The van der Waals surface area contributed by atoms with E-state index in [9.17, 15) is 4.79 Å². The molecule has 2 N–H and O–H groups in total. The zero-order valence-corrected chi connectivity index (χ0v) is 14.1. The van der Waals surface area contributed by atoms with Crippen molar-refractivity contribution in [3.05, 3.63) is 71.5 Å². The molecule has 0 saturated carbocycles. The normalized spacial score (nSPS) is 10.4. The maximum absolute atomic E-state index is 10.9. The van der Waals surface area contributed by atoms with Crippen LogP contribution in [0.3, 0.4) is 0 Å². The summed E-state index contributed by atoms with van der Waals surface area (Å²) < 4.78 is 5.67. The lowest BCUT2D eigenvalue weighted by Crippen LogP contribution is -2.11. The van der Waals surface area contributed by atoms with Crippen LogP contribution in [0.15, 0.2) is 60.8 Å². The summed E-state index contributed by atoms with van der Waals surface area (Å²) in [4.78, 5) is 19.6. The highest BCUT2D eigenvalue weighted by Gasteiger charge is 2.04. The van der Waals surface area contributed by atoms with E-state index in [1.54, 1.807) is 12.1 Å². The summed E-state index contributed by atoms with van der Waals surface area (Å²) in [5, 5.41) is 0.560. The Hall–Kier alpha value is -2.92. The van der Waals surface area contributed by atoms with Gasteiger partial charge in [-0.15, -0.1) is 0 Å². The number of rotatable bonds is 6. The van der Waals surface area contributed by atoms with Crippen molar-refractivity contribution in [1.82, 2.24) is 9.97 Å². The Balaban J connectivity index is 1.72. The highest BCUT2D eigenvalue weighted by molar-refractivity contribution is 6.30. The molecule has 3 aromatic rings. The predicted molar refractivity (Wildman–Crippen MR) is 96.5 cm³/mol. The van der Waals surface area contributed by atoms with E-state index in [1.165, 1.54) is 6.20 Å². The molecular weight excluding hydrogens is 338 g/mol. The molecule has 5 nitrogen and oxygen atoms in total. The number of carbonyl (C=O) groups is 1. The van der Waals surface area contributed by atoms with Gasteiger partial charge >= 0.3 is 0 Å². The van der Waals surface area contributed by atoms with Gasteiger partial charge in [0.2, 0.25) is 11.8 Å². The Bertz CT molecular complexity index is 865. The molecular formula is C19H16ClN3O2. The van der Waals surface area contributed by atoms with Gasteiger partial charge in [-0.1, -0.05) is 17.7 Å². The van der Waals surface area contributed by atoms with Crippen molar-refractivity contribution in [3.63, 3.8) is 0 Å². The molecule has 3 rings (SSSR count). The minimum absolute atomic E-state index is 0.289. The van der Waals surface area contributed by atoms with Gasteiger partial charge in [-0.2, -0.15) is 0 Å². The van der Waals surface area contributed by atoms with Gasteiger partial charge in [0, 0.05) is 29.9 Å². The van der Waals surface area contributed by atoms with Crippen LogP contribution in [0.5, 0.6) is 11.6 Å². The first-order valence-electron chi connectivity index (χ1n) is 7.74. The molecule has 0 radical (unpaired) electrons. The second kappa shape index (κ2) is 7.77. The average molecular weight is 354 g/mol. The summed E-state index contributed by atoms with van der Waals surface area (Å²) in [6.45, 7) is 0. The number of nitrogens with two attached hydrogens (primary N) is 1. The van der Waals surface area contributed by atoms with Crippen molar-refractivity contribution >= 4 is 17.5 Å². The molecule has 0 saturated heterocycles. The fourth-order valence-electron chi connectivity index (χ4n) is 2.27. The molecule has 0 aliphatic carbocycles. The van der Waals surface area contributed by atoms with E-state index in [0.29, 0.717) is 23.1 Å². The lowest BCUT2D eigenvalue weighted by Gasteiger charge is -2.07. The van der Waals surface area contributed by atoms with Crippen molar-refractivity contribution in [2.24, 2.45) is 5.73 Å². The van der Waals surface area contributed by atoms with Gasteiger partial charge in [0.1, 0.15) is 5.75 Å². The zero-order valence-electron chi connectivity index (χ0n) is 13.4. The highest BCUT2D eigenvalue weighted by atomic mass is 35.5. The Labute approximate surface area is 150 Å². The molecule has 126 valence electrons. The number of pyridine rings is 2. The van der Waals surface area contributed by atoms with Crippen LogP contribution < -0.4 is 10.5 Å². The number of amides is 1. The molecule has 0 bridgehead atoms. The van der Waals surface area contributed by atoms with Gasteiger partial charge in [0.25, 0.3) is 0 Å². The molecule has 2 heterocycles. The molecule has 2 aromatic heterocycles. The lowest BCUT2D eigenvalue weighted by atomic mass is 10.1. The van der Waals surface area contributed by atoms with Crippen LogP contribution in [-0.4, -0.2) is 15.9 Å². The molecule has 0 spiro atoms. The number of halogens is 1. The van der Waals surface area contributed by atoms with Crippen LogP contribution in [0.4, 0.5) is 0 Å². The summed E-state index contributed by atoms with van der Waals surface area (Å²) in [6.07, 6.45) is 2.36. The fourth-order valence-corrected chi connectivity index (χ4v) is 2.38. The average Bonchev–Trinajstić information content (AvgIpc) is 2.63. The summed E-state index contributed by atoms with van der Waals surface area (Å²) >= 11 is 5.81. The van der Waals surface area contributed by atoms with E-state index in [1.807, 2.05) is 42.5 Å². The molecule has 6 heteroatoms. The molecule has 0 aliphatic heterocycles. The Morgan fingerprint density at radius 2 is 1.88 bits per heavy atom. The van der Waals surface area contributed by atoms with Crippen LogP contribution >= 0.6 is 11.6 Å². The standard InChI is InChI=1S/C19H16ClN3O2/c20-14-6-11-19(22-12-14)25-16-8-4-13(5-9-16)17-3-1-2-15(23-17)7-10-18(21)24/h1-6,8-9,11-12H,7,10H2,(H2,21,24). The second-order valence-electron chi connectivity index (χ2n) is 5.42. The third-order valence-electron chi connectivity index (χ3n) is 3.51. The number of ether oxygens (including phenoxy) is 1. The van der Waals surface area contributed by atoms with E-state index < -0.39 is 0 Å². The minimum atomic E-state index is -0.329.